The van der Waals surface area contributed by atoms with Crippen LogP contribution in [0.3, 0.4) is 0 Å². The normalized spacial score (nSPS) is 20.9. The van der Waals surface area contributed by atoms with E-state index in [1.165, 1.54) is 63.2 Å². The van der Waals surface area contributed by atoms with Crippen LogP contribution in [0.2, 0.25) is 0 Å². The number of fused-ring (bicyclic) bond motifs is 11. The molecule has 0 spiro atoms. The van der Waals surface area contributed by atoms with Crippen molar-refractivity contribution in [2.24, 2.45) is 0 Å². The van der Waals surface area contributed by atoms with E-state index in [-0.39, 0.29) is 0 Å². The van der Waals surface area contributed by atoms with Crippen molar-refractivity contribution < 1.29 is 0 Å². The predicted octanol–water partition coefficient (Wildman–Crippen LogP) is 4.68. The van der Waals surface area contributed by atoms with Gasteiger partial charge in [-0.1, -0.05) is 36.4 Å². The quantitative estimate of drug-likeness (QED) is 0.390. The Balaban J connectivity index is 1.18. The lowest BCUT2D eigenvalue weighted by Gasteiger charge is -2.35. The van der Waals surface area contributed by atoms with Gasteiger partial charge >= 0.3 is 0 Å². The minimum absolute atomic E-state index is 0.854. The van der Waals surface area contributed by atoms with Crippen LogP contribution in [0.25, 0.3) is 33.9 Å². The first-order valence-electron chi connectivity index (χ1n) is 15.1. The SMILES string of the molecule is c1ccc(-c2cc(-c3ccc(CN4CCCN5CCN(CCCNCC4)CC5)cc3)cc(-c3ccccn3)n2)nc1. The largest absolute Gasteiger partial charge is 0.315 e. The molecular weight excluding hydrogens is 506 g/mol. The van der Waals surface area contributed by atoms with Crippen LogP contribution in [-0.2, 0) is 6.54 Å². The van der Waals surface area contributed by atoms with E-state index in [9.17, 15) is 0 Å². The second-order valence-electron chi connectivity index (χ2n) is 11.2. The Kier molecular flexibility index (Phi) is 9.39. The molecule has 7 nitrogen and oxygen atoms in total. The Morgan fingerprint density at radius 1 is 0.561 bits per heavy atom. The summed E-state index contributed by atoms with van der Waals surface area (Å²) in [5.74, 6) is 0. The molecule has 3 fully saturated rings. The third kappa shape index (κ3) is 7.63. The number of pyridine rings is 3. The van der Waals surface area contributed by atoms with Crippen molar-refractivity contribution in [1.82, 2.24) is 35.0 Å². The van der Waals surface area contributed by atoms with E-state index in [1.807, 2.05) is 48.8 Å². The summed E-state index contributed by atoms with van der Waals surface area (Å²) in [6, 6.07) is 25.2. The lowest BCUT2D eigenvalue weighted by Crippen LogP contribution is -2.47. The van der Waals surface area contributed by atoms with Crippen LogP contribution in [0, 0.1) is 0 Å². The zero-order chi connectivity index (χ0) is 27.7. The van der Waals surface area contributed by atoms with Gasteiger partial charge in [0, 0.05) is 58.2 Å². The fourth-order valence-corrected chi connectivity index (χ4v) is 5.86. The first-order chi connectivity index (χ1) is 20.3. The summed E-state index contributed by atoms with van der Waals surface area (Å²) in [7, 11) is 0. The molecule has 3 aliphatic rings. The minimum atomic E-state index is 0.854. The van der Waals surface area contributed by atoms with Crippen molar-refractivity contribution in [3.8, 4) is 33.9 Å². The second kappa shape index (κ2) is 13.9. The molecule has 0 aliphatic carbocycles. The number of aromatic nitrogens is 3. The van der Waals surface area contributed by atoms with Gasteiger partial charge < -0.3 is 15.1 Å². The summed E-state index contributed by atoms with van der Waals surface area (Å²) in [5.41, 5.74) is 7.08. The first-order valence-corrected chi connectivity index (χ1v) is 15.1. The van der Waals surface area contributed by atoms with E-state index in [0.29, 0.717) is 0 Å². The van der Waals surface area contributed by atoms with E-state index in [0.717, 1.165) is 61.1 Å². The van der Waals surface area contributed by atoms with Gasteiger partial charge in [-0.05, 0) is 92.1 Å². The van der Waals surface area contributed by atoms with E-state index in [4.69, 9.17) is 4.98 Å². The maximum Gasteiger partial charge on any atom is 0.0900 e. The molecule has 0 radical (unpaired) electrons. The molecule has 0 atom stereocenters. The molecule has 4 aromatic rings. The average Bonchev–Trinajstić information content (AvgIpc) is 3.04. The molecule has 41 heavy (non-hydrogen) atoms. The van der Waals surface area contributed by atoms with Crippen molar-refractivity contribution in [1.29, 1.82) is 0 Å². The van der Waals surface area contributed by atoms with Crippen LogP contribution in [0.4, 0.5) is 0 Å². The summed E-state index contributed by atoms with van der Waals surface area (Å²) < 4.78 is 0. The molecule has 0 amide bonds. The van der Waals surface area contributed by atoms with Crippen molar-refractivity contribution in [2.45, 2.75) is 19.4 Å². The number of rotatable bonds is 5. The van der Waals surface area contributed by atoms with Crippen molar-refractivity contribution in [3.63, 3.8) is 0 Å². The van der Waals surface area contributed by atoms with Gasteiger partial charge in [0.1, 0.15) is 0 Å². The van der Waals surface area contributed by atoms with Crippen molar-refractivity contribution in [2.75, 3.05) is 65.4 Å². The number of piperazine rings is 1. The van der Waals surface area contributed by atoms with Crippen LogP contribution in [-0.4, -0.2) is 95.1 Å². The smallest absolute Gasteiger partial charge is 0.0900 e. The molecule has 1 aromatic carbocycles. The Labute approximate surface area is 244 Å². The lowest BCUT2D eigenvalue weighted by molar-refractivity contribution is 0.123. The fraction of sp³-hybridized carbons (Fsp3) is 0.382. The molecule has 212 valence electrons. The maximum absolute atomic E-state index is 4.92. The Morgan fingerprint density at radius 3 is 1.80 bits per heavy atom. The zero-order valence-electron chi connectivity index (χ0n) is 24.0. The number of nitrogens with zero attached hydrogens (tertiary/aromatic N) is 6. The van der Waals surface area contributed by atoms with E-state index in [1.54, 1.807) is 0 Å². The highest BCUT2D eigenvalue weighted by Crippen LogP contribution is 2.29. The van der Waals surface area contributed by atoms with Gasteiger partial charge in [-0.3, -0.25) is 14.9 Å². The molecule has 3 aromatic heterocycles. The maximum atomic E-state index is 4.92. The van der Waals surface area contributed by atoms with Crippen LogP contribution < -0.4 is 5.32 Å². The Morgan fingerprint density at radius 2 is 1.20 bits per heavy atom. The second-order valence-corrected chi connectivity index (χ2v) is 11.2. The van der Waals surface area contributed by atoms with Gasteiger partial charge in [-0.2, -0.15) is 0 Å². The molecule has 0 saturated carbocycles. The Hall–Kier alpha value is -3.49. The zero-order valence-corrected chi connectivity index (χ0v) is 24.0. The van der Waals surface area contributed by atoms with Crippen LogP contribution >= 0.6 is 0 Å². The number of hydrogen-bond acceptors (Lipinski definition) is 7. The summed E-state index contributed by atoms with van der Waals surface area (Å²) >= 11 is 0. The molecule has 3 saturated heterocycles. The van der Waals surface area contributed by atoms with Gasteiger partial charge in [-0.15, -0.1) is 0 Å². The first kappa shape index (κ1) is 27.7. The van der Waals surface area contributed by atoms with Crippen molar-refractivity contribution in [3.05, 3.63) is 90.8 Å². The molecule has 7 heteroatoms. The fourth-order valence-electron chi connectivity index (χ4n) is 5.86. The molecular formula is C34H41N7. The monoisotopic (exact) mass is 547 g/mol. The molecule has 7 rings (SSSR count). The number of nitrogens with one attached hydrogen (secondary N) is 1. The predicted molar refractivity (Wildman–Crippen MR) is 166 cm³/mol. The third-order valence-corrected chi connectivity index (χ3v) is 8.22. The van der Waals surface area contributed by atoms with Gasteiger partial charge in [0.25, 0.3) is 0 Å². The Bertz CT molecular complexity index is 1290. The molecule has 3 aliphatic heterocycles. The molecule has 2 bridgehead atoms. The van der Waals surface area contributed by atoms with Crippen LogP contribution in [0.1, 0.15) is 18.4 Å². The lowest BCUT2D eigenvalue weighted by atomic mass is 10.0. The van der Waals surface area contributed by atoms with Crippen LogP contribution in [0.15, 0.2) is 85.2 Å². The standard InChI is InChI=1S/C34H41N7/c1-3-14-36-31(7-1)33-25-30(26-34(38-33)32-8-2-4-15-37-32)29-11-9-28(10-12-29)27-41-19-6-18-40-23-21-39(22-24-40)17-5-13-35-16-20-41/h1-4,7-12,14-15,25-26,35H,5-6,13,16-24,27H2. The molecule has 6 heterocycles. The highest BCUT2D eigenvalue weighted by Gasteiger charge is 2.17. The summed E-state index contributed by atoms with van der Waals surface area (Å²) in [4.78, 5) is 21.9. The van der Waals surface area contributed by atoms with Gasteiger partial charge in [-0.25, -0.2) is 4.98 Å². The van der Waals surface area contributed by atoms with E-state index < -0.39 is 0 Å². The van der Waals surface area contributed by atoms with Gasteiger partial charge in [0.2, 0.25) is 0 Å². The topological polar surface area (TPSA) is 60.4 Å². The molecule has 1 N–H and O–H groups in total. The average molecular weight is 548 g/mol. The van der Waals surface area contributed by atoms with Gasteiger partial charge in [0.15, 0.2) is 0 Å². The van der Waals surface area contributed by atoms with E-state index in [2.05, 4.69) is 66.4 Å². The summed E-state index contributed by atoms with van der Waals surface area (Å²) in [5, 5.41) is 3.69. The number of hydrogen-bond donors (Lipinski definition) is 1. The highest BCUT2D eigenvalue weighted by molar-refractivity contribution is 5.74. The third-order valence-electron chi connectivity index (χ3n) is 8.22. The van der Waals surface area contributed by atoms with Crippen molar-refractivity contribution >= 4 is 0 Å². The highest BCUT2D eigenvalue weighted by atomic mass is 15.3. The van der Waals surface area contributed by atoms with E-state index >= 15 is 0 Å². The summed E-state index contributed by atoms with van der Waals surface area (Å²) in [6.07, 6.45) is 6.09. The van der Waals surface area contributed by atoms with Crippen LogP contribution in [0.5, 0.6) is 0 Å². The summed E-state index contributed by atoms with van der Waals surface area (Å²) in [6.45, 7) is 12.6. The molecule has 0 unspecified atom stereocenters. The minimum Gasteiger partial charge on any atom is -0.315 e. The van der Waals surface area contributed by atoms with Gasteiger partial charge in [0.05, 0.1) is 22.8 Å². The number of benzene rings is 1.